The number of hydrogen-bond acceptors (Lipinski definition) is 7. The first-order chi connectivity index (χ1) is 16.9. The predicted octanol–water partition coefficient (Wildman–Crippen LogP) is 5.32. The lowest BCUT2D eigenvalue weighted by molar-refractivity contribution is 0.0625. The molecule has 0 aliphatic carbocycles. The third-order valence-corrected chi connectivity index (χ3v) is 7.39. The minimum atomic E-state index is -3.35. The SMILES string of the molecule is COc1ccccc1NC1CN(C(=O)c2ccc(NS(O)(O)c3cccc4cccnc34)cc2)C1. The average Bonchev–Trinajstić information content (AvgIpc) is 2.85. The quantitative estimate of drug-likeness (QED) is 0.278. The largest absolute Gasteiger partial charge is 0.495 e. The van der Waals surface area contributed by atoms with Crippen LogP contribution in [0.2, 0.25) is 0 Å². The number of pyridine rings is 1. The van der Waals surface area contributed by atoms with E-state index in [1.807, 2.05) is 36.4 Å². The summed E-state index contributed by atoms with van der Waals surface area (Å²) in [5.41, 5.74) is 2.47. The van der Waals surface area contributed by atoms with Gasteiger partial charge in [-0.3, -0.25) is 23.6 Å². The zero-order valence-corrected chi connectivity index (χ0v) is 19.9. The van der Waals surface area contributed by atoms with E-state index in [-0.39, 0.29) is 11.9 Å². The zero-order valence-electron chi connectivity index (χ0n) is 19.1. The first-order valence-corrected chi connectivity index (χ1v) is 12.7. The molecule has 8 nitrogen and oxygen atoms in total. The minimum Gasteiger partial charge on any atom is -0.495 e. The molecule has 1 fully saturated rings. The van der Waals surface area contributed by atoms with Gasteiger partial charge in [-0.05, 0) is 48.5 Å². The van der Waals surface area contributed by atoms with Crippen molar-refractivity contribution >= 4 is 39.0 Å². The van der Waals surface area contributed by atoms with Gasteiger partial charge < -0.3 is 15.0 Å². The number of rotatable bonds is 7. The van der Waals surface area contributed by atoms with Gasteiger partial charge in [0.05, 0.1) is 30.0 Å². The molecule has 5 rings (SSSR count). The van der Waals surface area contributed by atoms with Gasteiger partial charge in [-0.1, -0.05) is 41.1 Å². The second-order valence-corrected chi connectivity index (χ2v) is 10.1. The summed E-state index contributed by atoms with van der Waals surface area (Å²) in [6.07, 6.45) is 1.62. The molecule has 1 saturated heterocycles. The van der Waals surface area contributed by atoms with Crippen molar-refractivity contribution in [3.8, 4) is 5.75 Å². The third-order valence-electron chi connectivity index (χ3n) is 5.93. The number of hydrogen-bond donors (Lipinski definition) is 4. The number of likely N-dealkylation sites (tertiary alicyclic amines) is 1. The van der Waals surface area contributed by atoms with Crippen molar-refractivity contribution in [2.45, 2.75) is 10.9 Å². The lowest BCUT2D eigenvalue weighted by atomic mass is 10.1. The third kappa shape index (κ3) is 4.74. The summed E-state index contributed by atoms with van der Waals surface area (Å²) in [4.78, 5) is 19.3. The fourth-order valence-corrected chi connectivity index (χ4v) is 5.39. The number of benzene rings is 3. The monoisotopic (exact) mass is 490 g/mol. The van der Waals surface area contributed by atoms with Gasteiger partial charge >= 0.3 is 0 Å². The summed E-state index contributed by atoms with van der Waals surface area (Å²) in [5, 5.41) is 4.23. The van der Waals surface area contributed by atoms with E-state index in [1.165, 1.54) is 0 Å². The normalized spacial score (nSPS) is 14.3. The summed E-state index contributed by atoms with van der Waals surface area (Å²) < 4.78 is 29.8. The van der Waals surface area contributed by atoms with Crippen molar-refractivity contribution in [1.82, 2.24) is 9.88 Å². The van der Waals surface area contributed by atoms with E-state index < -0.39 is 10.8 Å². The van der Waals surface area contributed by atoms with E-state index in [2.05, 4.69) is 15.0 Å². The lowest BCUT2D eigenvalue weighted by Gasteiger charge is -2.40. The van der Waals surface area contributed by atoms with Crippen LogP contribution in [0.1, 0.15) is 10.4 Å². The molecule has 35 heavy (non-hydrogen) atoms. The zero-order chi connectivity index (χ0) is 24.4. The van der Waals surface area contributed by atoms with Crippen LogP contribution < -0.4 is 14.8 Å². The van der Waals surface area contributed by atoms with Gasteiger partial charge in [0.2, 0.25) is 0 Å². The van der Waals surface area contributed by atoms with Gasteiger partial charge in [0, 0.05) is 30.2 Å². The molecule has 1 aliphatic heterocycles. The van der Waals surface area contributed by atoms with Gasteiger partial charge in [0.15, 0.2) is 0 Å². The van der Waals surface area contributed by atoms with Gasteiger partial charge in [-0.2, -0.15) is 0 Å². The second kappa shape index (κ2) is 9.46. The number of carbonyl (C=O) groups excluding carboxylic acids is 1. The van der Waals surface area contributed by atoms with Crippen molar-refractivity contribution < 1.29 is 18.6 Å². The average molecular weight is 491 g/mol. The van der Waals surface area contributed by atoms with Crippen LogP contribution in [-0.4, -0.2) is 51.1 Å². The molecule has 1 aliphatic rings. The highest BCUT2D eigenvalue weighted by Crippen LogP contribution is 2.50. The van der Waals surface area contributed by atoms with Crippen LogP contribution >= 0.6 is 10.8 Å². The fraction of sp³-hybridized carbons (Fsp3) is 0.154. The van der Waals surface area contributed by atoms with Crippen LogP contribution in [0.5, 0.6) is 5.75 Å². The number of carbonyl (C=O) groups is 1. The second-order valence-electron chi connectivity index (χ2n) is 8.31. The van der Waals surface area contributed by atoms with E-state index in [1.54, 1.807) is 60.7 Å². The molecule has 4 aromatic rings. The Morgan fingerprint density at radius 2 is 1.74 bits per heavy atom. The van der Waals surface area contributed by atoms with Crippen LogP contribution in [0.3, 0.4) is 0 Å². The lowest BCUT2D eigenvalue weighted by Crippen LogP contribution is -2.57. The molecule has 180 valence electrons. The van der Waals surface area contributed by atoms with Crippen LogP contribution in [0, 0.1) is 0 Å². The van der Waals surface area contributed by atoms with E-state index >= 15 is 0 Å². The molecule has 0 unspecified atom stereocenters. The van der Waals surface area contributed by atoms with Crippen molar-refractivity contribution in [1.29, 1.82) is 0 Å². The molecule has 1 aromatic heterocycles. The standard InChI is InChI=1S/C26H26N4O4S/c1-34-23-9-3-2-8-22(23)28-21-16-30(17-21)26(31)19-11-13-20(14-12-19)29-35(32,33)24-10-4-6-18-7-5-15-27-25(18)24/h2-15,21,28-29,32-33H,16-17H2,1H3. The van der Waals surface area contributed by atoms with E-state index in [9.17, 15) is 13.9 Å². The highest BCUT2D eigenvalue weighted by molar-refractivity contribution is 8.25. The Morgan fingerprint density at radius 1 is 1.00 bits per heavy atom. The first-order valence-electron chi connectivity index (χ1n) is 11.1. The molecule has 0 radical (unpaired) electrons. The number of amides is 1. The molecule has 9 heteroatoms. The highest BCUT2D eigenvalue weighted by Gasteiger charge is 2.31. The van der Waals surface area contributed by atoms with Crippen LogP contribution in [0.15, 0.2) is 90.0 Å². The number of nitrogens with zero attached hydrogens (tertiary/aromatic N) is 2. The maximum Gasteiger partial charge on any atom is 0.253 e. The minimum absolute atomic E-state index is 0.0699. The smallest absolute Gasteiger partial charge is 0.253 e. The Hall–Kier alpha value is -3.79. The Morgan fingerprint density at radius 3 is 2.51 bits per heavy atom. The van der Waals surface area contributed by atoms with E-state index in [0.717, 1.165) is 16.8 Å². The number of fused-ring (bicyclic) bond motifs is 1. The predicted molar refractivity (Wildman–Crippen MR) is 139 cm³/mol. The molecule has 2 heterocycles. The molecule has 1 amide bonds. The maximum absolute atomic E-state index is 12.9. The highest BCUT2D eigenvalue weighted by atomic mass is 32.3. The van der Waals surface area contributed by atoms with Gasteiger partial charge in [-0.25, -0.2) is 0 Å². The van der Waals surface area contributed by atoms with Gasteiger partial charge in [-0.15, -0.1) is 0 Å². The van der Waals surface area contributed by atoms with Crippen LogP contribution in [0.4, 0.5) is 11.4 Å². The number of ether oxygens (including phenoxy) is 1. The Bertz CT molecular complexity index is 1350. The Kier molecular flexibility index (Phi) is 6.21. The Labute approximate surface area is 205 Å². The summed E-state index contributed by atoms with van der Waals surface area (Å²) >= 11 is 0. The summed E-state index contributed by atoms with van der Waals surface area (Å²) in [6, 6.07) is 23.5. The summed E-state index contributed by atoms with van der Waals surface area (Å²) in [5.74, 6) is 0.699. The molecule has 0 spiro atoms. The van der Waals surface area contributed by atoms with Gasteiger partial charge in [0.25, 0.3) is 5.91 Å². The summed E-state index contributed by atoms with van der Waals surface area (Å²) in [7, 11) is -1.72. The van der Waals surface area contributed by atoms with Crippen molar-refractivity contribution in [3.05, 3.63) is 90.6 Å². The van der Waals surface area contributed by atoms with Crippen molar-refractivity contribution in [2.24, 2.45) is 0 Å². The van der Waals surface area contributed by atoms with Crippen molar-refractivity contribution in [3.63, 3.8) is 0 Å². The van der Waals surface area contributed by atoms with E-state index in [4.69, 9.17) is 4.74 Å². The number of methoxy groups -OCH3 is 1. The summed E-state index contributed by atoms with van der Waals surface area (Å²) in [6.45, 7) is 1.18. The fourth-order valence-electron chi connectivity index (χ4n) is 4.11. The van der Waals surface area contributed by atoms with Gasteiger partial charge in [0.1, 0.15) is 10.6 Å². The maximum atomic E-state index is 12.9. The number of nitrogens with one attached hydrogen (secondary N) is 2. The topological polar surface area (TPSA) is 107 Å². The number of para-hydroxylation sites is 3. The van der Waals surface area contributed by atoms with Crippen LogP contribution in [0.25, 0.3) is 10.9 Å². The molecule has 3 aromatic carbocycles. The molecule has 0 atom stereocenters. The molecule has 4 N–H and O–H groups in total. The van der Waals surface area contributed by atoms with Crippen molar-refractivity contribution in [2.75, 3.05) is 30.2 Å². The first kappa shape index (κ1) is 23.0. The molecule has 0 saturated carbocycles. The number of aromatic nitrogens is 1. The molecular formula is C26H26N4O4S. The molecule has 0 bridgehead atoms. The Balaban J connectivity index is 1.22. The van der Waals surface area contributed by atoms with E-state index in [0.29, 0.717) is 34.8 Å². The number of anilines is 2. The van der Waals surface area contributed by atoms with Crippen LogP contribution in [-0.2, 0) is 0 Å². The molecular weight excluding hydrogens is 464 g/mol.